The van der Waals surface area contributed by atoms with Gasteiger partial charge in [0.15, 0.2) is 6.61 Å². The summed E-state index contributed by atoms with van der Waals surface area (Å²) in [6, 6.07) is 5.62. The van der Waals surface area contributed by atoms with Crippen molar-refractivity contribution in [2.24, 2.45) is 0 Å². The first-order valence-corrected chi connectivity index (χ1v) is 10.1. The molecule has 1 N–H and O–H groups in total. The van der Waals surface area contributed by atoms with Crippen LogP contribution in [0.4, 0.5) is 5.69 Å². The molecule has 3 rings (SSSR count). The number of hydrogen-bond acceptors (Lipinski definition) is 4. The highest BCUT2D eigenvalue weighted by molar-refractivity contribution is 9.10. The van der Waals surface area contributed by atoms with E-state index in [1.165, 1.54) is 10.5 Å². The average Bonchev–Trinajstić information content (AvgIpc) is 2.63. The molecule has 146 valence electrons. The van der Waals surface area contributed by atoms with Gasteiger partial charge >= 0.3 is 0 Å². The van der Waals surface area contributed by atoms with Gasteiger partial charge in [-0.3, -0.25) is 19.4 Å². The van der Waals surface area contributed by atoms with Crippen molar-refractivity contribution in [3.63, 3.8) is 0 Å². The lowest BCUT2D eigenvalue weighted by Gasteiger charge is -2.33. The summed E-state index contributed by atoms with van der Waals surface area (Å²) in [6.07, 6.45) is 4.10. The largest absolute Gasteiger partial charge is 0.482 e. The molecule has 1 aromatic rings. The number of amides is 2. The van der Waals surface area contributed by atoms with Crippen LogP contribution in [-0.2, 0) is 9.59 Å². The number of nitrogens with zero attached hydrogens (tertiary/aromatic N) is 2. The third kappa shape index (κ3) is 5.32. The molecule has 1 fully saturated rings. The molecule has 2 heterocycles. The van der Waals surface area contributed by atoms with Gasteiger partial charge < -0.3 is 10.1 Å². The minimum absolute atomic E-state index is 0.0226. The number of allylic oxidation sites excluding steroid dienone is 1. The first-order valence-electron chi connectivity index (χ1n) is 9.30. The van der Waals surface area contributed by atoms with Crippen molar-refractivity contribution in [2.45, 2.75) is 32.7 Å². The molecular formula is C20H26BrN3O3. The molecule has 0 radical (unpaired) electrons. The Morgan fingerprint density at radius 3 is 2.78 bits per heavy atom. The van der Waals surface area contributed by atoms with Crippen molar-refractivity contribution >= 4 is 33.4 Å². The Balaban J connectivity index is 1.53. The maximum Gasteiger partial charge on any atom is 0.265 e. The van der Waals surface area contributed by atoms with Crippen LogP contribution in [0.5, 0.6) is 5.75 Å². The molecule has 0 atom stereocenters. The number of carbonyl (C=O) groups is 2. The fourth-order valence-electron chi connectivity index (χ4n) is 3.34. The molecule has 0 spiro atoms. The van der Waals surface area contributed by atoms with Crippen LogP contribution < -0.4 is 15.0 Å². The summed E-state index contributed by atoms with van der Waals surface area (Å²) < 4.78 is 6.34. The molecule has 7 heteroatoms. The molecule has 27 heavy (non-hydrogen) atoms. The van der Waals surface area contributed by atoms with Crippen LogP contribution in [0.1, 0.15) is 26.7 Å². The number of anilines is 1. The SMILES string of the molecule is CC(C)=CCN1CCC(NC(=O)CN2C(=O)COc3cc(Br)ccc32)CC1. The van der Waals surface area contributed by atoms with Crippen molar-refractivity contribution in [1.82, 2.24) is 10.2 Å². The van der Waals surface area contributed by atoms with Gasteiger partial charge in [-0.25, -0.2) is 0 Å². The lowest BCUT2D eigenvalue weighted by atomic mass is 10.0. The van der Waals surface area contributed by atoms with Crippen LogP contribution in [0.2, 0.25) is 0 Å². The predicted octanol–water partition coefficient (Wildman–Crippen LogP) is 2.72. The molecule has 2 aliphatic rings. The minimum Gasteiger partial charge on any atom is -0.482 e. The summed E-state index contributed by atoms with van der Waals surface area (Å²) in [7, 11) is 0. The minimum atomic E-state index is -0.198. The second kappa shape index (κ2) is 8.89. The van der Waals surface area contributed by atoms with E-state index in [1.807, 2.05) is 12.1 Å². The van der Waals surface area contributed by atoms with Gasteiger partial charge in [0.05, 0.1) is 5.69 Å². The van der Waals surface area contributed by atoms with Gasteiger partial charge in [-0.15, -0.1) is 0 Å². The van der Waals surface area contributed by atoms with Crippen LogP contribution in [-0.4, -0.2) is 55.5 Å². The standard InChI is InChI=1S/C20H26BrN3O3/c1-14(2)5-8-23-9-6-16(7-10-23)22-19(25)12-24-17-4-3-15(21)11-18(17)27-13-20(24)26/h3-5,11,16H,6-10,12-13H2,1-2H3,(H,22,25). The van der Waals surface area contributed by atoms with E-state index in [-0.39, 0.29) is 31.0 Å². The second-order valence-electron chi connectivity index (χ2n) is 7.30. The van der Waals surface area contributed by atoms with Gasteiger partial charge in [-0.2, -0.15) is 0 Å². The third-order valence-electron chi connectivity index (χ3n) is 4.88. The molecule has 0 aromatic heterocycles. The van der Waals surface area contributed by atoms with Gasteiger partial charge in [0.1, 0.15) is 12.3 Å². The van der Waals surface area contributed by atoms with E-state index in [9.17, 15) is 9.59 Å². The number of halogens is 1. The third-order valence-corrected chi connectivity index (χ3v) is 5.37. The monoisotopic (exact) mass is 435 g/mol. The van der Waals surface area contributed by atoms with E-state index >= 15 is 0 Å². The molecular weight excluding hydrogens is 410 g/mol. The Morgan fingerprint density at radius 2 is 2.07 bits per heavy atom. The normalized spacial score (nSPS) is 17.9. The molecule has 2 aliphatic heterocycles. The maximum absolute atomic E-state index is 12.5. The summed E-state index contributed by atoms with van der Waals surface area (Å²) >= 11 is 3.40. The van der Waals surface area contributed by atoms with E-state index in [2.05, 4.69) is 46.1 Å². The molecule has 0 unspecified atom stereocenters. The summed E-state index contributed by atoms with van der Waals surface area (Å²) in [5, 5.41) is 3.09. The smallest absolute Gasteiger partial charge is 0.265 e. The first kappa shape index (κ1) is 19.9. The lowest BCUT2D eigenvalue weighted by molar-refractivity contribution is -0.125. The number of hydrogen-bond donors (Lipinski definition) is 1. The van der Waals surface area contributed by atoms with Crippen LogP contribution >= 0.6 is 15.9 Å². The summed E-state index contributed by atoms with van der Waals surface area (Å²) in [4.78, 5) is 28.7. The van der Waals surface area contributed by atoms with Gasteiger partial charge in [-0.1, -0.05) is 27.6 Å². The fourth-order valence-corrected chi connectivity index (χ4v) is 3.68. The van der Waals surface area contributed by atoms with Crippen molar-refractivity contribution < 1.29 is 14.3 Å². The van der Waals surface area contributed by atoms with Gasteiger partial charge in [0.2, 0.25) is 5.91 Å². The number of ether oxygens (including phenoxy) is 1. The van der Waals surface area contributed by atoms with Crippen molar-refractivity contribution in [3.8, 4) is 5.75 Å². The summed E-state index contributed by atoms with van der Waals surface area (Å²) in [6.45, 7) is 7.11. The van der Waals surface area contributed by atoms with Crippen LogP contribution in [0.3, 0.4) is 0 Å². The number of nitrogens with one attached hydrogen (secondary N) is 1. The number of likely N-dealkylation sites (tertiary alicyclic amines) is 1. The van der Waals surface area contributed by atoms with Gasteiger partial charge in [-0.05, 0) is 44.9 Å². The fraction of sp³-hybridized carbons (Fsp3) is 0.500. The highest BCUT2D eigenvalue weighted by Crippen LogP contribution is 2.34. The number of benzene rings is 1. The first-order chi connectivity index (χ1) is 12.9. The maximum atomic E-state index is 12.5. The van der Waals surface area contributed by atoms with Crippen LogP contribution in [0.15, 0.2) is 34.3 Å². The molecule has 6 nitrogen and oxygen atoms in total. The molecule has 0 saturated carbocycles. The van der Waals surface area contributed by atoms with E-state index in [1.54, 1.807) is 6.07 Å². The van der Waals surface area contributed by atoms with Crippen molar-refractivity contribution in [2.75, 3.05) is 37.7 Å². The molecule has 1 saturated heterocycles. The average molecular weight is 436 g/mol. The quantitative estimate of drug-likeness (QED) is 0.722. The molecule has 0 aliphatic carbocycles. The van der Waals surface area contributed by atoms with E-state index < -0.39 is 0 Å². The number of fused-ring (bicyclic) bond motifs is 1. The number of carbonyl (C=O) groups excluding carboxylic acids is 2. The summed E-state index contributed by atoms with van der Waals surface area (Å²) in [5.41, 5.74) is 1.97. The zero-order valence-corrected chi connectivity index (χ0v) is 17.4. The van der Waals surface area contributed by atoms with Crippen LogP contribution in [0, 0.1) is 0 Å². The van der Waals surface area contributed by atoms with E-state index in [0.717, 1.165) is 36.9 Å². The Morgan fingerprint density at radius 1 is 1.33 bits per heavy atom. The molecule has 0 bridgehead atoms. The Bertz CT molecular complexity index is 738. The number of rotatable bonds is 5. The van der Waals surface area contributed by atoms with Gasteiger partial charge in [0, 0.05) is 30.1 Å². The van der Waals surface area contributed by atoms with Crippen LogP contribution in [0.25, 0.3) is 0 Å². The lowest BCUT2D eigenvalue weighted by Crippen LogP contribution is -2.50. The number of piperidine rings is 1. The van der Waals surface area contributed by atoms with Crippen molar-refractivity contribution in [1.29, 1.82) is 0 Å². The molecule has 2 amide bonds. The zero-order valence-electron chi connectivity index (χ0n) is 15.8. The van der Waals surface area contributed by atoms with Crippen molar-refractivity contribution in [3.05, 3.63) is 34.3 Å². The Kier molecular flexibility index (Phi) is 6.55. The summed E-state index contributed by atoms with van der Waals surface area (Å²) in [5.74, 6) is 0.294. The molecule has 1 aromatic carbocycles. The van der Waals surface area contributed by atoms with E-state index in [0.29, 0.717) is 11.4 Å². The highest BCUT2D eigenvalue weighted by Gasteiger charge is 2.28. The second-order valence-corrected chi connectivity index (χ2v) is 8.22. The Labute approximate surface area is 168 Å². The van der Waals surface area contributed by atoms with Gasteiger partial charge in [0.25, 0.3) is 5.91 Å². The van der Waals surface area contributed by atoms with E-state index in [4.69, 9.17) is 4.74 Å². The Hall–Kier alpha value is -1.86. The zero-order chi connectivity index (χ0) is 19.4. The predicted molar refractivity (Wildman–Crippen MR) is 109 cm³/mol. The highest BCUT2D eigenvalue weighted by atomic mass is 79.9. The topological polar surface area (TPSA) is 61.9 Å².